The van der Waals surface area contributed by atoms with Crippen LogP contribution >= 0.6 is 0 Å². The molecule has 0 amide bonds. The van der Waals surface area contributed by atoms with Gasteiger partial charge in [0.15, 0.2) is 0 Å². The van der Waals surface area contributed by atoms with Crippen LogP contribution in [-0.2, 0) is 16.1 Å². The second-order valence-corrected chi connectivity index (χ2v) is 2.79. The fourth-order valence-electron chi connectivity index (χ4n) is 0.933. The first-order chi connectivity index (χ1) is 7.26. The first-order valence-corrected chi connectivity index (χ1v) is 4.36. The monoisotopic (exact) mass is 205 g/mol. The number of aliphatic hydroxyl groups excluding tert-OH is 1. The molecule has 0 unspecified atom stereocenters. The van der Waals surface area contributed by atoms with Crippen molar-refractivity contribution >= 4 is 5.97 Å². The van der Waals surface area contributed by atoms with E-state index >= 15 is 0 Å². The van der Waals surface area contributed by atoms with Crippen LogP contribution in [0.2, 0.25) is 0 Å². The molecule has 1 aromatic rings. The molecule has 0 fully saturated rings. The Hall–Kier alpha value is -1.86. The molecule has 4 nitrogen and oxygen atoms in total. The summed E-state index contributed by atoms with van der Waals surface area (Å²) < 4.78 is 4.44. The van der Waals surface area contributed by atoms with Gasteiger partial charge in [-0.3, -0.25) is 9.78 Å². The Morgan fingerprint density at radius 1 is 1.60 bits per heavy atom. The smallest absolute Gasteiger partial charge is 0.317 e. The van der Waals surface area contributed by atoms with Crippen molar-refractivity contribution in [2.45, 2.75) is 13.0 Å². The normalized spacial score (nSPS) is 8.93. The molecule has 0 radical (unpaired) electrons. The van der Waals surface area contributed by atoms with E-state index in [1.54, 1.807) is 18.5 Å². The number of hydrogen-bond donors (Lipinski definition) is 1. The summed E-state index contributed by atoms with van der Waals surface area (Å²) in [6, 6.07) is 1.72. The van der Waals surface area contributed by atoms with E-state index < -0.39 is 0 Å². The molecule has 1 aromatic heterocycles. The zero-order valence-corrected chi connectivity index (χ0v) is 8.36. The van der Waals surface area contributed by atoms with E-state index in [0.29, 0.717) is 11.1 Å². The van der Waals surface area contributed by atoms with Gasteiger partial charge in [-0.15, -0.1) is 0 Å². The molecule has 78 valence electrons. The van der Waals surface area contributed by atoms with Crippen molar-refractivity contribution in [1.29, 1.82) is 0 Å². The molecule has 0 saturated heterocycles. The lowest BCUT2D eigenvalue weighted by atomic mass is 10.2. The van der Waals surface area contributed by atoms with E-state index in [0.717, 1.165) is 0 Å². The molecule has 0 bridgehead atoms. The molecule has 0 aliphatic carbocycles. The molecule has 0 aromatic carbocycles. The van der Waals surface area contributed by atoms with Gasteiger partial charge in [0, 0.05) is 18.0 Å². The summed E-state index contributed by atoms with van der Waals surface area (Å²) in [6.45, 7) is -0.0699. The van der Waals surface area contributed by atoms with Crippen LogP contribution in [0.5, 0.6) is 0 Å². The fraction of sp³-hybridized carbons (Fsp3) is 0.273. The number of aromatic nitrogens is 1. The predicted octanol–water partition coefficient (Wildman–Crippen LogP) is 0.489. The average molecular weight is 205 g/mol. The number of ether oxygens (including phenoxy) is 1. The van der Waals surface area contributed by atoms with Gasteiger partial charge in [-0.25, -0.2) is 0 Å². The molecule has 0 aliphatic heterocycles. The number of esters is 1. The highest BCUT2D eigenvalue weighted by Crippen LogP contribution is 2.00. The lowest BCUT2D eigenvalue weighted by molar-refractivity contribution is -0.139. The van der Waals surface area contributed by atoms with Crippen LogP contribution in [0.25, 0.3) is 0 Å². The first-order valence-electron chi connectivity index (χ1n) is 4.36. The van der Waals surface area contributed by atoms with Crippen molar-refractivity contribution in [3.63, 3.8) is 0 Å². The summed E-state index contributed by atoms with van der Waals surface area (Å²) in [4.78, 5) is 14.6. The van der Waals surface area contributed by atoms with Crippen molar-refractivity contribution in [3.8, 4) is 11.8 Å². The highest BCUT2D eigenvalue weighted by molar-refractivity contribution is 5.72. The van der Waals surface area contributed by atoms with Crippen LogP contribution in [0.4, 0.5) is 0 Å². The van der Waals surface area contributed by atoms with Gasteiger partial charge in [0.1, 0.15) is 6.42 Å². The predicted molar refractivity (Wildman–Crippen MR) is 53.7 cm³/mol. The summed E-state index contributed by atoms with van der Waals surface area (Å²) in [5.74, 6) is 5.05. The third-order valence-electron chi connectivity index (χ3n) is 1.67. The maximum absolute atomic E-state index is 10.7. The first kappa shape index (κ1) is 11.2. The van der Waals surface area contributed by atoms with E-state index in [1.165, 1.54) is 7.11 Å². The number of hydrogen-bond acceptors (Lipinski definition) is 4. The average Bonchev–Trinajstić information content (AvgIpc) is 2.29. The second-order valence-electron chi connectivity index (χ2n) is 2.79. The van der Waals surface area contributed by atoms with Gasteiger partial charge in [0.2, 0.25) is 0 Å². The maximum atomic E-state index is 10.7. The molecule has 4 heteroatoms. The van der Waals surface area contributed by atoms with Gasteiger partial charge in [-0.1, -0.05) is 11.8 Å². The number of pyridine rings is 1. The summed E-state index contributed by atoms with van der Waals surface area (Å²) in [5, 5.41) is 8.85. The maximum Gasteiger partial charge on any atom is 0.317 e. The summed E-state index contributed by atoms with van der Waals surface area (Å²) in [6.07, 6.45) is 3.19. The number of rotatable bonds is 2. The summed E-state index contributed by atoms with van der Waals surface area (Å²) in [7, 11) is 1.32. The molecule has 1 heterocycles. The quantitative estimate of drug-likeness (QED) is 0.564. The third kappa shape index (κ3) is 3.79. The number of nitrogens with zero attached hydrogens (tertiary/aromatic N) is 1. The molecule has 1 rings (SSSR count). The van der Waals surface area contributed by atoms with Crippen LogP contribution in [-0.4, -0.2) is 23.2 Å². The standard InChI is InChI=1S/C11H11NO3/c1-15-11(14)4-2-3-9-5-10(8-13)7-12-6-9/h5-7,13H,4,8H2,1H3. The van der Waals surface area contributed by atoms with Gasteiger partial charge in [-0.05, 0) is 11.6 Å². The Morgan fingerprint density at radius 3 is 3.07 bits per heavy atom. The van der Waals surface area contributed by atoms with E-state index in [1.807, 2.05) is 0 Å². The van der Waals surface area contributed by atoms with E-state index in [2.05, 4.69) is 21.6 Å². The van der Waals surface area contributed by atoms with Crippen LogP contribution < -0.4 is 0 Å². The van der Waals surface area contributed by atoms with Crippen molar-refractivity contribution in [3.05, 3.63) is 29.6 Å². The molecule has 0 atom stereocenters. The summed E-state index contributed by atoms with van der Waals surface area (Å²) >= 11 is 0. The van der Waals surface area contributed by atoms with Crippen LogP contribution in [0.3, 0.4) is 0 Å². The molecule has 1 N–H and O–H groups in total. The van der Waals surface area contributed by atoms with E-state index in [4.69, 9.17) is 5.11 Å². The third-order valence-corrected chi connectivity index (χ3v) is 1.67. The van der Waals surface area contributed by atoms with E-state index in [-0.39, 0.29) is 19.0 Å². The minimum absolute atomic E-state index is 0.0554. The van der Waals surface area contributed by atoms with Gasteiger partial charge >= 0.3 is 5.97 Å². The molecule has 0 aliphatic rings. The van der Waals surface area contributed by atoms with Gasteiger partial charge < -0.3 is 9.84 Å². The molecular formula is C11H11NO3. The fourth-order valence-corrected chi connectivity index (χ4v) is 0.933. The molecular weight excluding hydrogens is 194 g/mol. The van der Waals surface area contributed by atoms with Gasteiger partial charge in [0.05, 0.1) is 13.7 Å². The Labute approximate surface area is 87.9 Å². The minimum Gasteiger partial charge on any atom is -0.468 e. The minimum atomic E-state index is -0.367. The Bertz CT molecular complexity index is 404. The number of carbonyl (C=O) groups is 1. The van der Waals surface area contributed by atoms with Gasteiger partial charge in [0.25, 0.3) is 0 Å². The van der Waals surface area contributed by atoms with Crippen LogP contribution in [0, 0.1) is 11.8 Å². The second kappa shape index (κ2) is 5.78. The topological polar surface area (TPSA) is 59.4 Å². The lowest BCUT2D eigenvalue weighted by Crippen LogP contribution is -1.97. The number of methoxy groups -OCH3 is 1. The van der Waals surface area contributed by atoms with Gasteiger partial charge in [-0.2, -0.15) is 0 Å². The van der Waals surface area contributed by atoms with Crippen LogP contribution in [0.15, 0.2) is 18.5 Å². The number of carbonyl (C=O) groups excluding carboxylic acids is 1. The zero-order chi connectivity index (χ0) is 11.1. The molecule has 0 spiro atoms. The van der Waals surface area contributed by atoms with E-state index in [9.17, 15) is 4.79 Å². The molecule has 15 heavy (non-hydrogen) atoms. The Kier molecular flexibility index (Phi) is 4.32. The zero-order valence-electron chi connectivity index (χ0n) is 8.36. The Morgan fingerprint density at radius 2 is 2.40 bits per heavy atom. The molecule has 0 saturated carbocycles. The van der Waals surface area contributed by atoms with Crippen molar-refractivity contribution in [1.82, 2.24) is 4.98 Å². The lowest BCUT2D eigenvalue weighted by Gasteiger charge is -1.94. The van der Waals surface area contributed by atoms with Crippen molar-refractivity contribution < 1.29 is 14.6 Å². The summed E-state index contributed by atoms with van der Waals surface area (Å²) in [5.41, 5.74) is 1.37. The highest BCUT2D eigenvalue weighted by atomic mass is 16.5. The van der Waals surface area contributed by atoms with Crippen molar-refractivity contribution in [2.24, 2.45) is 0 Å². The van der Waals surface area contributed by atoms with Crippen molar-refractivity contribution in [2.75, 3.05) is 7.11 Å². The Balaban J connectivity index is 2.67. The SMILES string of the molecule is COC(=O)CC#Cc1cncc(CO)c1. The highest BCUT2D eigenvalue weighted by Gasteiger charge is 1.95. The number of aliphatic hydroxyl groups is 1. The van der Waals surface area contributed by atoms with Crippen LogP contribution in [0.1, 0.15) is 17.5 Å². The largest absolute Gasteiger partial charge is 0.468 e.